The number of anilines is 1. The van der Waals surface area contributed by atoms with E-state index in [-0.39, 0.29) is 0 Å². The molecule has 0 radical (unpaired) electrons. The molecule has 2 heterocycles. The van der Waals surface area contributed by atoms with Gasteiger partial charge in [-0.2, -0.15) is 0 Å². The second-order valence-corrected chi connectivity index (χ2v) is 5.67. The van der Waals surface area contributed by atoms with Gasteiger partial charge < -0.3 is 10.2 Å². The molecule has 1 atom stereocenters. The summed E-state index contributed by atoms with van der Waals surface area (Å²) in [6.07, 6.45) is 9.29. The monoisotopic (exact) mass is 245 g/mol. The fourth-order valence-electron chi connectivity index (χ4n) is 2.79. The Morgan fingerprint density at radius 2 is 2.28 bits per heavy atom. The first kappa shape index (κ1) is 12.0. The molecule has 1 unspecified atom stereocenters. The third kappa shape index (κ3) is 2.66. The second-order valence-electron chi connectivity index (χ2n) is 5.67. The molecule has 1 saturated carbocycles. The van der Waals surface area contributed by atoms with E-state index in [2.05, 4.69) is 28.2 Å². The van der Waals surface area contributed by atoms with Gasteiger partial charge in [-0.15, -0.1) is 0 Å². The molecule has 2 fully saturated rings. The van der Waals surface area contributed by atoms with Gasteiger partial charge in [0.2, 0.25) is 0 Å². The molecule has 1 aromatic heterocycles. The van der Waals surface area contributed by atoms with Crippen LogP contribution in [0.3, 0.4) is 0 Å². The number of hydrogen-bond donors (Lipinski definition) is 1. The summed E-state index contributed by atoms with van der Waals surface area (Å²) in [5.74, 6) is 0.877. The van der Waals surface area contributed by atoms with E-state index in [4.69, 9.17) is 0 Å². The molecule has 3 heteroatoms. The Balaban J connectivity index is 1.69. The third-order valence-corrected chi connectivity index (χ3v) is 4.24. The second kappa shape index (κ2) is 5.27. The zero-order valence-corrected chi connectivity index (χ0v) is 11.2. The van der Waals surface area contributed by atoms with Crippen molar-refractivity contribution >= 4 is 5.69 Å². The summed E-state index contributed by atoms with van der Waals surface area (Å²) >= 11 is 0. The van der Waals surface area contributed by atoms with Gasteiger partial charge >= 0.3 is 0 Å². The van der Waals surface area contributed by atoms with E-state index in [9.17, 15) is 0 Å². The molecule has 1 aromatic rings. The Hall–Kier alpha value is -1.09. The smallest absolute Gasteiger partial charge is 0.0442 e. The van der Waals surface area contributed by atoms with Crippen LogP contribution in [0.5, 0.6) is 0 Å². The van der Waals surface area contributed by atoms with Crippen molar-refractivity contribution in [3.05, 3.63) is 24.0 Å². The van der Waals surface area contributed by atoms with Crippen LogP contribution in [0.2, 0.25) is 0 Å². The van der Waals surface area contributed by atoms with Crippen LogP contribution < -0.4 is 10.2 Å². The first-order valence-electron chi connectivity index (χ1n) is 7.28. The van der Waals surface area contributed by atoms with Gasteiger partial charge in [0.05, 0.1) is 0 Å². The zero-order valence-electron chi connectivity index (χ0n) is 11.2. The highest BCUT2D eigenvalue weighted by Crippen LogP contribution is 2.28. The lowest BCUT2D eigenvalue weighted by atomic mass is 10.1. The molecule has 1 saturated heterocycles. The highest BCUT2D eigenvalue weighted by atomic mass is 15.2. The van der Waals surface area contributed by atoms with Crippen molar-refractivity contribution in [1.82, 2.24) is 10.3 Å². The molecule has 3 rings (SSSR count). The average Bonchev–Trinajstić information content (AvgIpc) is 3.12. The van der Waals surface area contributed by atoms with E-state index in [0.29, 0.717) is 0 Å². The van der Waals surface area contributed by atoms with Crippen molar-refractivity contribution < 1.29 is 0 Å². The lowest BCUT2D eigenvalue weighted by Crippen LogP contribution is -2.23. The SMILES string of the molecule is CCC1CCN(c2ccncc2CNC2CC2)C1. The van der Waals surface area contributed by atoms with Crippen LogP contribution in [0.1, 0.15) is 38.2 Å². The van der Waals surface area contributed by atoms with Gasteiger partial charge in [-0.1, -0.05) is 13.3 Å². The van der Waals surface area contributed by atoms with Gasteiger partial charge in [-0.25, -0.2) is 0 Å². The van der Waals surface area contributed by atoms with Gasteiger partial charge in [0.25, 0.3) is 0 Å². The van der Waals surface area contributed by atoms with Crippen molar-refractivity contribution in [3.8, 4) is 0 Å². The van der Waals surface area contributed by atoms with Crippen molar-refractivity contribution in [2.75, 3.05) is 18.0 Å². The molecular formula is C15H23N3. The van der Waals surface area contributed by atoms with Gasteiger partial charge in [0.15, 0.2) is 0 Å². The molecule has 1 aliphatic heterocycles. The van der Waals surface area contributed by atoms with Crippen LogP contribution in [-0.2, 0) is 6.54 Å². The number of pyridine rings is 1. The average molecular weight is 245 g/mol. The van der Waals surface area contributed by atoms with Crippen LogP contribution in [0.15, 0.2) is 18.5 Å². The Kier molecular flexibility index (Phi) is 3.50. The summed E-state index contributed by atoms with van der Waals surface area (Å²) in [6, 6.07) is 2.95. The summed E-state index contributed by atoms with van der Waals surface area (Å²) in [4.78, 5) is 6.83. The number of nitrogens with zero attached hydrogens (tertiary/aromatic N) is 2. The van der Waals surface area contributed by atoms with Gasteiger partial charge in [0, 0.05) is 49.3 Å². The van der Waals surface area contributed by atoms with Crippen LogP contribution in [0, 0.1) is 5.92 Å². The predicted octanol–water partition coefficient (Wildman–Crippen LogP) is 2.57. The Morgan fingerprint density at radius 1 is 1.39 bits per heavy atom. The van der Waals surface area contributed by atoms with Crippen molar-refractivity contribution in [2.45, 2.75) is 45.2 Å². The standard InChI is InChI=1S/C15H23N3/c1-2-12-6-8-18(11-12)15-5-7-16-9-13(15)10-17-14-3-4-14/h5,7,9,12,14,17H,2-4,6,8,10-11H2,1H3. The molecule has 2 aliphatic rings. The van der Waals surface area contributed by atoms with E-state index in [1.165, 1.54) is 50.0 Å². The normalized spacial score (nSPS) is 23.6. The van der Waals surface area contributed by atoms with Crippen LogP contribution in [0.25, 0.3) is 0 Å². The molecule has 0 aromatic carbocycles. The fourth-order valence-corrected chi connectivity index (χ4v) is 2.79. The van der Waals surface area contributed by atoms with E-state index < -0.39 is 0 Å². The van der Waals surface area contributed by atoms with Gasteiger partial charge in [-0.3, -0.25) is 4.98 Å². The van der Waals surface area contributed by atoms with Crippen molar-refractivity contribution in [3.63, 3.8) is 0 Å². The lowest BCUT2D eigenvalue weighted by molar-refractivity contribution is 0.569. The molecule has 1 N–H and O–H groups in total. The van der Waals surface area contributed by atoms with Gasteiger partial charge in [0.1, 0.15) is 0 Å². The van der Waals surface area contributed by atoms with Crippen LogP contribution >= 0.6 is 0 Å². The largest absolute Gasteiger partial charge is 0.371 e. The topological polar surface area (TPSA) is 28.2 Å². The van der Waals surface area contributed by atoms with E-state index in [0.717, 1.165) is 18.5 Å². The molecule has 3 nitrogen and oxygen atoms in total. The molecule has 98 valence electrons. The first-order valence-corrected chi connectivity index (χ1v) is 7.28. The molecular weight excluding hydrogens is 222 g/mol. The summed E-state index contributed by atoms with van der Waals surface area (Å²) in [7, 11) is 0. The first-order chi connectivity index (χ1) is 8.86. The molecule has 0 amide bonds. The fraction of sp³-hybridized carbons (Fsp3) is 0.667. The Morgan fingerprint density at radius 3 is 3.00 bits per heavy atom. The summed E-state index contributed by atoms with van der Waals surface area (Å²) < 4.78 is 0. The minimum absolute atomic E-state index is 0.764. The Labute approximate surface area is 110 Å². The number of rotatable bonds is 5. The maximum Gasteiger partial charge on any atom is 0.0442 e. The highest BCUT2D eigenvalue weighted by Gasteiger charge is 2.24. The van der Waals surface area contributed by atoms with Crippen LogP contribution in [-0.4, -0.2) is 24.1 Å². The van der Waals surface area contributed by atoms with Crippen molar-refractivity contribution in [1.29, 1.82) is 0 Å². The highest BCUT2D eigenvalue weighted by molar-refractivity contribution is 5.53. The summed E-state index contributed by atoms with van der Waals surface area (Å²) in [5, 5.41) is 3.60. The lowest BCUT2D eigenvalue weighted by Gasteiger charge is -2.22. The molecule has 0 spiro atoms. The van der Waals surface area contributed by atoms with Crippen LogP contribution in [0.4, 0.5) is 5.69 Å². The molecule has 18 heavy (non-hydrogen) atoms. The maximum atomic E-state index is 4.29. The summed E-state index contributed by atoms with van der Waals surface area (Å²) in [5.41, 5.74) is 2.76. The minimum Gasteiger partial charge on any atom is -0.371 e. The zero-order chi connectivity index (χ0) is 12.4. The van der Waals surface area contributed by atoms with E-state index in [1.807, 2.05) is 12.4 Å². The van der Waals surface area contributed by atoms with E-state index in [1.54, 1.807) is 0 Å². The number of nitrogens with one attached hydrogen (secondary N) is 1. The predicted molar refractivity (Wildman–Crippen MR) is 74.7 cm³/mol. The van der Waals surface area contributed by atoms with Crippen molar-refractivity contribution in [2.24, 2.45) is 5.92 Å². The molecule has 0 bridgehead atoms. The Bertz CT molecular complexity index is 400. The van der Waals surface area contributed by atoms with E-state index >= 15 is 0 Å². The molecule has 1 aliphatic carbocycles. The third-order valence-electron chi connectivity index (χ3n) is 4.24. The number of hydrogen-bond acceptors (Lipinski definition) is 3. The summed E-state index contributed by atoms with van der Waals surface area (Å²) in [6.45, 7) is 5.70. The number of aromatic nitrogens is 1. The minimum atomic E-state index is 0.764. The quantitative estimate of drug-likeness (QED) is 0.864. The van der Waals surface area contributed by atoms with Gasteiger partial charge in [-0.05, 0) is 31.2 Å². The maximum absolute atomic E-state index is 4.29.